The van der Waals surface area contributed by atoms with Gasteiger partial charge in [-0.25, -0.2) is 4.98 Å². The fourth-order valence-corrected chi connectivity index (χ4v) is 2.08. The van der Waals surface area contributed by atoms with E-state index in [-0.39, 0.29) is 12.5 Å². The topological polar surface area (TPSA) is 51.2 Å². The fourth-order valence-electron chi connectivity index (χ4n) is 1.35. The highest BCUT2D eigenvalue weighted by molar-refractivity contribution is 9.10. The molecule has 1 aromatic carbocycles. The number of pyridine rings is 1. The molecule has 0 radical (unpaired) electrons. The van der Waals surface area contributed by atoms with Crippen LogP contribution in [0.4, 0.5) is 5.82 Å². The predicted molar refractivity (Wildman–Crippen MR) is 77.5 cm³/mol. The lowest BCUT2D eigenvalue weighted by Crippen LogP contribution is -2.20. The second-order valence-electron chi connectivity index (χ2n) is 3.63. The number of rotatable bonds is 4. The Bertz CT molecular complexity index is 578. The Labute approximate surface area is 123 Å². The molecule has 0 aliphatic rings. The molecule has 0 saturated heterocycles. The molecule has 19 heavy (non-hydrogen) atoms. The maximum Gasteiger partial charge on any atom is 0.263 e. The number of anilines is 1. The maximum absolute atomic E-state index is 11.6. The van der Waals surface area contributed by atoms with Gasteiger partial charge in [0.1, 0.15) is 11.6 Å². The number of hydrogen-bond donors (Lipinski definition) is 1. The summed E-state index contributed by atoms with van der Waals surface area (Å²) < 4.78 is 6.18. The van der Waals surface area contributed by atoms with E-state index in [1.807, 2.05) is 0 Å². The first-order valence-electron chi connectivity index (χ1n) is 5.44. The third-order valence-electron chi connectivity index (χ3n) is 2.19. The standard InChI is InChI=1S/C13H10BrClN2O2/c14-9-4-5-11(10(15)7-9)19-8-13(18)17-12-3-1-2-6-16-12/h1-7H,8H2,(H,16,17,18). The quantitative estimate of drug-likeness (QED) is 0.926. The molecule has 1 N–H and O–H groups in total. The van der Waals surface area contributed by atoms with Crippen LogP contribution >= 0.6 is 27.5 Å². The van der Waals surface area contributed by atoms with E-state index in [1.165, 1.54) is 0 Å². The van der Waals surface area contributed by atoms with Crippen molar-refractivity contribution in [3.05, 3.63) is 52.1 Å². The van der Waals surface area contributed by atoms with Gasteiger partial charge in [-0.3, -0.25) is 4.79 Å². The van der Waals surface area contributed by atoms with Crippen molar-refractivity contribution >= 4 is 39.3 Å². The molecule has 6 heteroatoms. The number of amides is 1. The van der Waals surface area contributed by atoms with E-state index in [9.17, 15) is 4.79 Å². The molecule has 1 aromatic heterocycles. The molecular weight excluding hydrogens is 332 g/mol. The molecule has 0 fully saturated rings. The van der Waals surface area contributed by atoms with Crippen molar-refractivity contribution in [2.24, 2.45) is 0 Å². The van der Waals surface area contributed by atoms with Gasteiger partial charge < -0.3 is 10.1 Å². The maximum atomic E-state index is 11.6. The van der Waals surface area contributed by atoms with E-state index < -0.39 is 0 Å². The van der Waals surface area contributed by atoms with Crippen molar-refractivity contribution in [3.8, 4) is 5.75 Å². The predicted octanol–water partition coefficient (Wildman–Crippen LogP) is 3.52. The van der Waals surface area contributed by atoms with Crippen LogP contribution in [0, 0.1) is 0 Å². The van der Waals surface area contributed by atoms with Gasteiger partial charge in [-0.1, -0.05) is 33.6 Å². The molecule has 0 aliphatic heterocycles. The van der Waals surface area contributed by atoms with Crippen molar-refractivity contribution in [3.63, 3.8) is 0 Å². The van der Waals surface area contributed by atoms with Gasteiger partial charge in [-0.05, 0) is 30.3 Å². The van der Waals surface area contributed by atoms with E-state index in [2.05, 4.69) is 26.2 Å². The van der Waals surface area contributed by atoms with Crippen LogP contribution in [0.25, 0.3) is 0 Å². The Kier molecular flexibility index (Phi) is 4.76. The number of nitrogens with one attached hydrogen (secondary N) is 1. The van der Waals surface area contributed by atoms with Crippen LogP contribution in [0.1, 0.15) is 0 Å². The summed E-state index contributed by atoms with van der Waals surface area (Å²) >= 11 is 9.27. The summed E-state index contributed by atoms with van der Waals surface area (Å²) in [6, 6.07) is 10.4. The normalized spacial score (nSPS) is 10.0. The molecule has 0 bridgehead atoms. The minimum atomic E-state index is -0.294. The molecule has 0 unspecified atom stereocenters. The number of nitrogens with zero attached hydrogens (tertiary/aromatic N) is 1. The molecule has 1 amide bonds. The lowest BCUT2D eigenvalue weighted by Gasteiger charge is -2.08. The van der Waals surface area contributed by atoms with Gasteiger partial charge in [0.25, 0.3) is 5.91 Å². The Morgan fingerprint density at radius 3 is 2.89 bits per heavy atom. The third-order valence-corrected chi connectivity index (χ3v) is 2.97. The number of carbonyl (C=O) groups is 1. The number of hydrogen-bond acceptors (Lipinski definition) is 3. The molecule has 1 heterocycles. The molecule has 2 aromatic rings. The van der Waals surface area contributed by atoms with Crippen molar-refractivity contribution < 1.29 is 9.53 Å². The SMILES string of the molecule is O=C(COc1ccc(Br)cc1Cl)Nc1ccccn1. The van der Waals surface area contributed by atoms with Gasteiger partial charge in [0, 0.05) is 10.7 Å². The average Bonchev–Trinajstić information content (AvgIpc) is 2.39. The van der Waals surface area contributed by atoms with Gasteiger partial charge in [-0.15, -0.1) is 0 Å². The summed E-state index contributed by atoms with van der Waals surface area (Å²) in [5, 5.41) is 3.06. The number of ether oxygens (including phenoxy) is 1. The fraction of sp³-hybridized carbons (Fsp3) is 0.0769. The smallest absolute Gasteiger partial charge is 0.263 e. The number of aromatic nitrogens is 1. The van der Waals surface area contributed by atoms with Gasteiger partial charge in [0.2, 0.25) is 0 Å². The minimum Gasteiger partial charge on any atom is -0.482 e. The van der Waals surface area contributed by atoms with Gasteiger partial charge in [-0.2, -0.15) is 0 Å². The Morgan fingerprint density at radius 2 is 2.21 bits per heavy atom. The number of carbonyl (C=O) groups excluding carboxylic acids is 1. The molecular formula is C13H10BrClN2O2. The first-order chi connectivity index (χ1) is 9.15. The first kappa shape index (κ1) is 13.8. The summed E-state index contributed by atoms with van der Waals surface area (Å²) in [5.41, 5.74) is 0. The Balaban J connectivity index is 1.90. The van der Waals surface area contributed by atoms with E-state index in [4.69, 9.17) is 16.3 Å². The minimum absolute atomic E-state index is 0.127. The number of halogens is 2. The zero-order valence-electron chi connectivity index (χ0n) is 9.77. The highest BCUT2D eigenvalue weighted by Gasteiger charge is 2.07. The van der Waals surface area contributed by atoms with Crippen LogP contribution in [0.15, 0.2) is 47.1 Å². The van der Waals surface area contributed by atoms with Crippen LogP contribution in [0.5, 0.6) is 5.75 Å². The summed E-state index contributed by atoms with van der Waals surface area (Å²) in [7, 11) is 0. The van der Waals surface area contributed by atoms with E-state index in [0.717, 1.165) is 4.47 Å². The Morgan fingerprint density at radius 1 is 1.37 bits per heavy atom. The lowest BCUT2D eigenvalue weighted by molar-refractivity contribution is -0.118. The van der Waals surface area contributed by atoms with Crippen molar-refractivity contribution in [1.29, 1.82) is 0 Å². The molecule has 98 valence electrons. The first-order valence-corrected chi connectivity index (χ1v) is 6.61. The zero-order chi connectivity index (χ0) is 13.7. The van der Waals surface area contributed by atoms with Gasteiger partial charge in [0.15, 0.2) is 6.61 Å². The van der Waals surface area contributed by atoms with Crippen molar-refractivity contribution in [2.45, 2.75) is 0 Å². The molecule has 4 nitrogen and oxygen atoms in total. The highest BCUT2D eigenvalue weighted by Crippen LogP contribution is 2.27. The summed E-state index contributed by atoms with van der Waals surface area (Å²) in [6.45, 7) is -0.127. The van der Waals surface area contributed by atoms with Crippen LogP contribution in [0.2, 0.25) is 5.02 Å². The third kappa shape index (κ3) is 4.22. The molecule has 2 rings (SSSR count). The van der Waals surface area contributed by atoms with Crippen LogP contribution in [-0.4, -0.2) is 17.5 Å². The second-order valence-corrected chi connectivity index (χ2v) is 4.95. The van der Waals surface area contributed by atoms with E-state index in [1.54, 1.807) is 42.6 Å². The largest absolute Gasteiger partial charge is 0.482 e. The Hall–Kier alpha value is -1.59. The number of benzene rings is 1. The van der Waals surface area contributed by atoms with Crippen LogP contribution < -0.4 is 10.1 Å². The zero-order valence-corrected chi connectivity index (χ0v) is 12.1. The van der Waals surface area contributed by atoms with Crippen molar-refractivity contribution in [1.82, 2.24) is 4.98 Å². The van der Waals surface area contributed by atoms with Gasteiger partial charge in [0.05, 0.1) is 5.02 Å². The van der Waals surface area contributed by atoms with Crippen LogP contribution in [0.3, 0.4) is 0 Å². The molecule has 0 atom stereocenters. The molecule has 0 aliphatic carbocycles. The molecule has 0 spiro atoms. The van der Waals surface area contributed by atoms with E-state index in [0.29, 0.717) is 16.6 Å². The molecule has 0 saturated carbocycles. The monoisotopic (exact) mass is 340 g/mol. The highest BCUT2D eigenvalue weighted by atomic mass is 79.9. The van der Waals surface area contributed by atoms with Crippen molar-refractivity contribution in [2.75, 3.05) is 11.9 Å². The van der Waals surface area contributed by atoms with E-state index >= 15 is 0 Å². The summed E-state index contributed by atoms with van der Waals surface area (Å²) in [6.07, 6.45) is 1.60. The summed E-state index contributed by atoms with van der Waals surface area (Å²) in [4.78, 5) is 15.6. The van der Waals surface area contributed by atoms with Crippen LogP contribution in [-0.2, 0) is 4.79 Å². The second kappa shape index (κ2) is 6.54. The average molecular weight is 342 g/mol. The lowest BCUT2D eigenvalue weighted by atomic mass is 10.3. The summed E-state index contributed by atoms with van der Waals surface area (Å²) in [5.74, 6) is 0.650. The van der Waals surface area contributed by atoms with Gasteiger partial charge >= 0.3 is 0 Å².